The van der Waals surface area contributed by atoms with Crippen LogP contribution in [0.3, 0.4) is 0 Å². The summed E-state index contributed by atoms with van der Waals surface area (Å²) in [5, 5.41) is 12.3. The number of fused-ring (bicyclic) bond motifs is 1. The van der Waals surface area contributed by atoms with Crippen LogP contribution in [0.4, 0.5) is 0 Å². The molecule has 8 nitrogen and oxygen atoms in total. The smallest absolute Gasteiger partial charge is 0.252 e. The van der Waals surface area contributed by atoms with Crippen molar-refractivity contribution in [3.63, 3.8) is 0 Å². The van der Waals surface area contributed by atoms with Crippen molar-refractivity contribution >= 4 is 17.9 Å². The van der Waals surface area contributed by atoms with Crippen LogP contribution in [0.2, 0.25) is 0 Å². The Kier molecular flexibility index (Phi) is 9.89. The second kappa shape index (κ2) is 15.1. The average molecular weight is 667 g/mol. The molecule has 1 amide bonds. The van der Waals surface area contributed by atoms with Gasteiger partial charge in [-0.05, 0) is 64.2 Å². The Morgan fingerprint density at radius 1 is 0.840 bits per heavy atom. The van der Waals surface area contributed by atoms with E-state index in [1.807, 2.05) is 115 Å². The van der Waals surface area contributed by atoms with Gasteiger partial charge in [0.15, 0.2) is 23.1 Å². The normalized spacial score (nSPS) is 17.7. The zero-order chi connectivity index (χ0) is 34.2. The Hall–Kier alpha value is -5.86. The Morgan fingerprint density at radius 2 is 1.54 bits per heavy atom. The number of ether oxygens (including phenoxy) is 4. The molecule has 0 aliphatic carbocycles. The van der Waals surface area contributed by atoms with Crippen LogP contribution in [0, 0.1) is 0 Å². The molecule has 2 heterocycles. The predicted molar refractivity (Wildman–Crippen MR) is 193 cm³/mol. The van der Waals surface area contributed by atoms with Crippen molar-refractivity contribution in [2.75, 3.05) is 20.0 Å². The Morgan fingerprint density at radius 3 is 2.30 bits per heavy atom. The van der Waals surface area contributed by atoms with Crippen molar-refractivity contribution in [3.05, 3.63) is 156 Å². The Balaban J connectivity index is 1.25. The van der Waals surface area contributed by atoms with E-state index < -0.39 is 11.6 Å². The molecule has 2 N–H and O–H groups in total. The van der Waals surface area contributed by atoms with E-state index in [1.165, 1.54) is 0 Å². The summed E-state index contributed by atoms with van der Waals surface area (Å²) in [5.41, 5.74) is 4.28. The molecule has 2 aliphatic heterocycles. The number of aliphatic imine (C=N–C) groups is 1. The fraction of sp³-hybridized carbons (Fsp3) is 0.190. The van der Waals surface area contributed by atoms with Crippen molar-refractivity contribution < 1.29 is 28.8 Å². The maximum atomic E-state index is 14.6. The first-order valence-electron chi connectivity index (χ1n) is 16.8. The number of benzene rings is 5. The molecule has 0 unspecified atom stereocenters. The first-order chi connectivity index (χ1) is 24.6. The number of nitrogens with zero attached hydrogens (tertiary/aromatic N) is 1. The molecule has 5 aromatic rings. The molecule has 0 bridgehead atoms. The summed E-state index contributed by atoms with van der Waals surface area (Å²) in [6.07, 6.45) is 4.11. The standard InChI is InChI=1S/C42H38N2O6/c45-25-8-26-47-36-21-19-35(20-22-36)40-44-42(24-7-11-30-9-3-1-4-10-30,41(46)43-28-31-14-23-37-38(27-31)49-29-48-37)39(50-40)34-17-15-33(16-18-34)32-12-5-2-6-13-32/h1-7,9-23,27,39,45H,8,24-26,28-29H2,(H,43,46)/b11-7+/t39-,42-/m1/s1. The number of rotatable bonds is 13. The molecule has 252 valence electrons. The first-order valence-corrected chi connectivity index (χ1v) is 16.8. The van der Waals surface area contributed by atoms with Gasteiger partial charge >= 0.3 is 0 Å². The van der Waals surface area contributed by atoms with Crippen LogP contribution in [0.15, 0.2) is 138 Å². The number of amides is 1. The molecule has 8 heteroatoms. The van der Waals surface area contributed by atoms with Gasteiger partial charge in [-0.25, -0.2) is 4.99 Å². The Labute approximate surface area is 291 Å². The van der Waals surface area contributed by atoms with Gasteiger partial charge in [0.2, 0.25) is 12.7 Å². The topological polar surface area (TPSA) is 98.6 Å². The molecular weight excluding hydrogens is 628 g/mol. The fourth-order valence-corrected chi connectivity index (χ4v) is 6.12. The third-order valence-corrected chi connectivity index (χ3v) is 8.78. The van der Waals surface area contributed by atoms with Crippen LogP contribution in [0.1, 0.15) is 41.2 Å². The molecule has 0 aromatic heterocycles. The molecule has 0 radical (unpaired) electrons. The third-order valence-electron chi connectivity index (χ3n) is 8.78. The van der Waals surface area contributed by atoms with E-state index in [0.29, 0.717) is 36.2 Å². The fourth-order valence-electron chi connectivity index (χ4n) is 6.12. The summed E-state index contributed by atoms with van der Waals surface area (Å²) in [4.78, 5) is 19.8. The highest BCUT2D eigenvalue weighted by molar-refractivity contribution is 6.01. The van der Waals surface area contributed by atoms with Crippen LogP contribution in [-0.2, 0) is 16.1 Å². The van der Waals surface area contributed by atoms with Gasteiger partial charge in [0, 0.05) is 31.6 Å². The van der Waals surface area contributed by atoms with Crippen molar-refractivity contribution in [1.29, 1.82) is 0 Å². The van der Waals surface area contributed by atoms with Crippen LogP contribution >= 0.6 is 0 Å². The summed E-state index contributed by atoms with van der Waals surface area (Å²) in [7, 11) is 0. The molecule has 0 saturated carbocycles. The van der Waals surface area contributed by atoms with Gasteiger partial charge in [-0.15, -0.1) is 0 Å². The summed E-state index contributed by atoms with van der Waals surface area (Å²) < 4.78 is 23.5. The van der Waals surface area contributed by atoms with Crippen molar-refractivity contribution in [1.82, 2.24) is 5.32 Å². The van der Waals surface area contributed by atoms with E-state index in [2.05, 4.69) is 29.6 Å². The summed E-state index contributed by atoms with van der Waals surface area (Å²) in [6.45, 7) is 0.921. The molecule has 0 fully saturated rings. The number of carbonyl (C=O) groups excluding carboxylic acids is 1. The largest absolute Gasteiger partial charge is 0.494 e. The van der Waals surface area contributed by atoms with Gasteiger partial charge in [0.05, 0.1) is 6.61 Å². The van der Waals surface area contributed by atoms with Gasteiger partial charge in [0.1, 0.15) is 5.75 Å². The molecular formula is C42H38N2O6. The van der Waals surface area contributed by atoms with Gasteiger partial charge in [-0.3, -0.25) is 4.79 Å². The second-order valence-corrected chi connectivity index (χ2v) is 12.2. The summed E-state index contributed by atoms with van der Waals surface area (Å²) >= 11 is 0. The number of nitrogens with one attached hydrogen (secondary N) is 1. The van der Waals surface area contributed by atoms with Gasteiger partial charge < -0.3 is 29.4 Å². The second-order valence-electron chi connectivity index (χ2n) is 12.2. The zero-order valence-corrected chi connectivity index (χ0v) is 27.5. The van der Waals surface area contributed by atoms with Crippen molar-refractivity contribution in [2.45, 2.75) is 31.0 Å². The van der Waals surface area contributed by atoms with Gasteiger partial charge in [-0.1, -0.05) is 103 Å². The maximum absolute atomic E-state index is 14.6. The lowest BCUT2D eigenvalue weighted by Gasteiger charge is -2.30. The van der Waals surface area contributed by atoms with E-state index in [9.17, 15) is 4.79 Å². The van der Waals surface area contributed by atoms with Crippen LogP contribution < -0.4 is 19.5 Å². The summed E-state index contributed by atoms with van der Waals surface area (Å²) in [5.74, 6) is 2.12. The highest BCUT2D eigenvalue weighted by Gasteiger charge is 2.52. The molecule has 7 rings (SSSR count). The minimum absolute atomic E-state index is 0.0635. The quantitative estimate of drug-likeness (QED) is 0.126. The monoisotopic (exact) mass is 666 g/mol. The molecule has 5 aromatic carbocycles. The van der Waals surface area contributed by atoms with Crippen LogP contribution in [0.5, 0.6) is 17.2 Å². The molecule has 50 heavy (non-hydrogen) atoms. The average Bonchev–Trinajstić information content (AvgIpc) is 3.81. The predicted octanol–water partition coefficient (Wildman–Crippen LogP) is 7.52. The molecule has 0 spiro atoms. The van der Waals surface area contributed by atoms with E-state index in [4.69, 9.17) is 29.0 Å². The van der Waals surface area contributed by atoms with Crippen LogP contribution in [0.25, 0.3) is 17.2 Å². The number of carbonyl (C=O) groups is 1. The van der Waals surface area contributed by atoms with Gasteiger partial charge in [-0.2, -0.15) is 0 Å². The minimum atomic E-state index is -1.33. The maximum Gasteiger partial charge on any atom is 0.252 e. The lowest BCUT2D eigenvalue weighted by atomic mass is 9.83. The molecule has 0 saturated heterocycles. The van der Waals surface area contributed by atoms with Crippen molar-refractivity contribution in [3.8, 4) is 28.4 Å². The lowest BCUT2D eigenvalue weighted by molar-refractivity contribution is -0.129. The van der Waals surface area contributed by atoms with E-state index in [1.54, 1.807) is 0 Å². The third kappa shape index (κ3) is 7.26. The van der Waals surface area contributed by atoms with E-state index in [-0.39, 0.29) is 32.3 Å². The van der Waals surface area contributed by atoms with E-state index >= 15 is 0 Å². The van der Waals surface area contributed by atoms with Crippen LogP contribution in [-0.4, -0.2) is 42.5 Å². The highest BCUT2D eigenvalue weighted by atomic mass is 16.7. The SMILES string of the molecule is O=C(NCc1ccc2c(c1)OCO2)[C@]1(C/C=C/c2ccccc2)N=C(c2ccc(OCCCO)cc2)O[C@@H]1c1ccc(-c2ccccc2)cc1. The highest BCUT2D eigenvalue weighted by Crippen LogP contribution is 2.43. The van der Waals surface area contributed by atoms with Gasteiger partial charge in [0.25, 0.3) is 5.91 Å². The first kappa shape index (κ1) is 32.7. The summed E-state index contributed by atoms with van der Waals surface area (Å²) in [6, 6.07) is 41.4. The number of hydrogen-bond donors (Lipinski definition) is 2. The Bertz CT molecular complexity index is 1960. The minimum Gasteiger partial charge on any atom is -0.494 e. The number of aliphatic hydroxyl groups is 1. The number of hydrogen-bond acceptors (Lipinski definition) is 7. The lowest BCUT2D eigenvalue weighted by Crippen LogP contribution is -2.47. The zero-order valence-electron chi connectivity index (χ0n) is 27.5. The number of aliphatic hydroxyl groups excluding tert-OH is 1. The van der Waals surface area contributed by atoms with Crippen molar-refractivity contribution in [2.24, 2.45) is 4.99 Å². The van der Waals surface area contributed by atoms with E-state index in [0.717, 1.165) is 33.4 Å². The molecule has 2 aliphatic rings. The molecule has 2 atom stereocenters.